The second-order valence-corrected chi connectivity index (χ2v) is 5.67. The van der Waals surface area contributed by atoms with Crippen molar-refractivity contribution in [2.24, 2.45) is 0 Å². The lowest BCUT2D eigenvalue weighted by Crippen LogP contribution is -2.12. The third-order valence-corrected chi connectivity index (χ3v) is 3.80. The fourth-order valence-electron chi connectivity index (χ4n) is 2.27. The maximum absolute atomic E-state index is 12.4. The minimum absolute atomic E-state index is 0.187. The Morgan fingerprint density at radius 2 is 1.71 bits per heavy atom. The van der Waals surface area contributed by atoms with E-state index in [4.69, 9.17) is 11.6 Å². The number of hydrogen-bond donors (Lipinski definition) is 1. The number of benzene rings is 2. The van der Waals surface area contributed by atoms with E-state index in [9.17, 15) is 4.79 Å². The number of amides is 1. The molecule has 4 heteroatoms. The lowest BCUT2D eigenvalue weighted by Gasteiger charge is -2.09. The van der Waals surface area contributed by atoms with Crippen LogP contribution in [0.5, 0.6) is 0 Å². The number of carbonyl (C=O) groups is 1. The number of rotatable bonds is 4. The first-order valence-corrected chi connectivity index (χ1v) is 7.79. The first-order valence-electron chi connectivity index (χ1n) is 7.41. The zero-order valence-corrected chi connectivity index (χ0v) is 13.6. The molecule has 118 valence electrons. The molecule has 2 aromatic carbocycles. The summed E-state index contributed by atoms with van der Waals surface area (Å²) in [7, 11) is 0. The fraction of sp³-hybridized carbons (Fsp3) is 0. The van der Waals surface area contributed by atoms with Gasteiger partial charge in [-0.2, -0.15) is 0 Å². The molecule has 0 aliphatic heterocycles. The molecule has 3 nitrogen and oxygen atoms in total. The van der Waals surface area contributed by atoms with Crippen molar-refractivity contribution < 1.29 is 4.79 Å². The summed E-state index contributed by atoms with van der Waals surface area (Å²) < 4.78 is 0. The quantitative estimate of drug-likeness (QED) is 0.725. The molecule has 1 aromatic heterocycles. The maximum atomic E-state index is 12.4. The molecule has 3 aromatic rings. The van der Waals surface area contributed by atoms with Crippen LogP contribution in [0.4, 0.5) is 5.69 Å². The van der Waals surface area contributed by atoms with Gasteiger partial charge in [-0.15, -0.1) is 0 Å². The molecular weight excluding hydrogens is 320 g/mol. The van der Waals surface area contributed by atoms with Crippen LogP contribution >= 0.6 is 11.6 Å². The Kier molecular flexibility index (Phi) is 4.73. The molecule has 3 rings (SSSR count). The summed E-state index contributed by atoms with van der Waals surface area (Å²) >= 11 is 5.85. The van der Waals surface area contributed by atoms with E-state index in [2.05, 4.69) is 16.9 Å². The highest BCUT2D eigenvalue weighted by atomic mass is 35.5. The molecule has 1 heterocycles. The van der Waals surface area contributed by atoms with Crippen LogP contribution in [0.2, 0.25) is 5.02 Å². The van der Waals surface area contributed by atoms with E-state index < -0.39 is 0 Å². The van der Waals surface area contributed by atoms with Gasteiger partial charge in [0.05, 0.1) is 5.69 Å². The maximum Gasteiger partial charge on any atom is 0.255 e. The minimum Gasteiger partial charge on any atom is -0.322 e. The Bertz CT molecular complexity index is 874. The molecule has 0 spiro atoms. The number of anilines is 1. The average Bonchev–Trinajstić information content (AvgIpc) is 2.64. The largest absolute Gasteiger partial charge is 0.322 e. The normalized spacial score (nSPS) is 10.2. The van der Waals surface area contributed by atoms with Crippen LogP contribution in [-0.2, 0) is 0 Å². The van der Waals surface area contributed by atoms with Gasteiger partial charge in [0.15, 0.2) is 0 Å². The van der Waals surface area contributed by atoms with Crippen LogP contribution < -0.4 is 5.32 Å². The molecule has 0 saturated heterocycles. The predicted octanol–water partition coefficient (Wildman–Crippen LogP) is 5.05. The summed E-state index contributed by atoms with van der Waals surface area (Å²) in [6.45, 7) is 4.08. The Morgan fingerprint density at radius 3 is 2.42 bits per heavy atom. The molecule has 24 heavy (non-hydrogen) atoms. The van der Waals surface area contributed by atoms with E-state index >= 15 is 0 Å². The molecule has 1 amide bonds. The molecule has 0 unspecified atom stereocenters. The van der Waals surface area contributed by atoms with Crippen LogP contribution in [0.1, 0.15) is 21.6 Å². The molecule has 0 bridgehead atoms. The first-order chi connectivity index (χ1) is 11.6. The molecule has 0 fully saturated rings. The minimum atomic E-state index is -0.187. The summed E-state index contributed by atoms with van der Waals surface area (Å²) in [6, 6.07) is 20.0. The van der Waals surface area contributed by atoms with E-state index in [1.807, 2.05) is 36.4 Å². The van der Waals surface area contributed by atoms with Gasteiger partial charge in [0.25, 0.3) is 5.91 Å². The Morgan fingerprint density at radius 1 is 0.958 bits per heavy atom. The van der Waals surface area contributed by atoms with Crippen molar-refractivity contribution >= 4 is 28.8 Å². The summed E-state index contributed by atoms with van der Waals surface area (Å²) in [5.41, 5.74) is 3.67. The van der Waals surface area contributed by atoms with Crippen LogP contribution in [0.3, 0.4) is 0 Å². The number of carbonyl (C=O) groups excluding carboxylic acids is 1. The van der Waals surface area contributed by atoms with Crippen molar-refractivity contribution in [2.45, 2.75) is 0 Å². The highest BCUT2D eigenvalue weighted by molar-refractivity contribution is 6.30. The second-order valence-electron chi connectivity index (χ2n) is 5.24. The van der Waals surface area contributed by atoms with Crippen LogP contribution in [0.15, 0.2) is 79.5 Å². The van der Waals surface area contributed by atoms with Crippen molar-refractivity contribution in [3.8, 4) is 0 Å². The number of hydrogen-bond acceptors (Lipinski definition) is 2. The van der Waals surface area contributed by atoms with Gasteiger partial charge in [0, 0.05) is 28.0 Å². The lowest BCUT2D eigenvalue weighted by atomic mass is 10.0. The van der Waals surface area contributed by atoms with Gasteiger partial charge < -0.3 is 5.32 Å². The van der Waals surface area contributed by atoms with Gasteiger partial charge >= 0.3 is 0 Å². The topological polar surface area (TPSA) is 42.0 Å². The predicted molar refractivity (Wildman–Crippen MR) is 98.2 cm³/mol. The summed E-state index contributed by atoms with van der Waals surface area (Å²) in [4.78, 5) is 16.7. The SMILES string of the molecule is C=C(c1cccc(C(=O)Nc2ccc(Cl)cc2)c1)c1ccccn1. The van der Waals surface area contributed by atoms with Gasteiger partial charge in [-0.1, -0.05) is 36.4 Å². The Balaban J connectivity index is 1.81. The lowest BCUT2D eigenvalue weighted by molar-refractivity contribution is 0.102. The molecule has 0 saturated carbocycles. The number of nitrogens with zero attached hydrogens (tertiary/aromatic N) is 1. The van der Waals surface area contributed by atoms with Gasteiger partial charge in [-0.3, -0.25) is 9.78 Å². The zero-order valence-electron chi connectivity index (χ0n) is 12.9. The third kappa shape index (κ3) is 3.70. The highest BCUT2D eigenvalue weighted by Crippen LogP contribution is 2.21. The monoisotopic (exact) mass is 334 g/mol. The van der Waals surface area contributed by atoms with E-state index in [-0.39, 0.29) is 5.91 Å². The number of halogens is 1. The number of nitrogens with one attached hydrogen (secondary N) is 1. The van der Waals surface area contributed by atoms with Crippen molar-refractivity contribution in [2.75, 3.05) is 5.32 Å². The van der Waals surface area contributed by atoms with Gasteiger partial charge in [0.2, 0.25) is 0 Å². The fourth-order valence-corrected chi connectivity index (χ4v) is 2.40. The van der Waals surface area contributed by atoms with E-state index in [0.717, 1.165) is 16.8 Å². The molecular formula is C20H15ClN2O. The van der Waals surface area contributed by atoms with Crippen molar-refractivity contribution in [1.29, 1.82) is 0 Å². The second kappa shape index (κ2) is 7.11. The van der Waals surface area contributed by atoms with Crippen molar-refractivity contribution in [3.63, 3.8) is 0 Å². The van der Waals surface area contributed by atoms with E-state index in [0.29, 0.717) is 16.3 Å². The van der Waals surface area contributed by atoms with Crippen molar-refractivity contribution in [3.05, 3.63) is 101 Å². The summed E-state index contributed by atoms with van der Waals surface area (Å²) in [5.74, 6) is -0.187. The van der Waals surface area contributed by atoms with Gasteiger partial charge in [0.1, 0.15) is 0 Å². The smallest absolute Gasteiger partial charge is 0.255 e. The zero-order chi connectivity index (χ0) is 16.9. The first kappa shape index (κ1) is 16.0. The van der Waals surface area contributed by atoms with Gasteiger partial charge in [-0.25, -0.2) is 0 Å². The van der Waals surface area contributed by atoms with E-state index in [1.165, 1.54) is 0 Å². The molecule has 0 atom stereocenters. The molecule has 1 N–H and O–H groups in total. The number of aromatic nitrogens is 1. The molecule has 0 radical (unpaired) electrons. The average molecular weight is 335 g/mol. The highest BCUT2D eigenvalue weighted by Gasteiger charge is 2.09. The number of pyridine rings is 1. The van der Waals surface area contributed by atoms with Gasteiger partial charge in [-0.05, 0) is 54.1 Å². The van der Waals surface area contributed by atoms with Crippen LogP contribution in [0, 0.1) is 0 Å². The van der Waals surface area contributed by atoms with Crippen LogP contribution in [0.25, 0.3) is 5.57 Å². The third-order valence-electron chi connectivity index (χ3n) is 3.55. The van der Waals surface area contributed by atoms with E-state index in [1.54, 1.807) is 36.5 Å². The Labute approximate surface area is 145 Å². The van der Waals surface area contributed by atoms with Crippen molar-refractivity contribution in [1.82, 2.24) is 4.98 Å². The van der Waals surface area contributed by atoms with Crippen LogP contribution in [-0.4, -0.2) is 10.9 Å². The summed E-state index contributed by atoms with van der Waals surface area (Å²) in [6.07, 6.45) is 1.72. The molecule has 0 aliphatic carbocycles. The molecule has 0 aliphatic rings. The Hall–Kier alpha value is -2.91. The standard InChI is InChI=1S/C20H15ClN2O/c1-14(19-7-2-3-12-22-19)15-5-4-6-16(13-15)20(24)23-18-10-8-17(21)9-11-18/h2-13H,1H2,(H,23,24). The summed E-state index contributed by atoms with van der Waals surface area (Å²) in [5, 5.41) is 3.48.